The molecule has 0 unspecified atom stereocenters. The summed E-state index contributed by atoms with van der Waals surface area (Å²) in [5.41, 5.74) is 1.48. The van der Waals surface area contributed by atoms with Crippen LogP contribution >= 0.6 is 0 Å². The van der Waals surface area contributed by atoms with E-state index in [0.29, 0.717) is 11.3 Å². The molecule has 4 nitrogen and oxygen atoms in total. The van der Waals surface area contributed by atoms with Crippen LogP contribution < -0.4 is 9.47 Å². The highest BCUT2D eigenvalue weighted by Gasteiger charge is 2.03. The van der Waals surface area contributed by atoms with Crippen molar-refractivity contribution in [2.24, 2.45) is 0 Å². The first kappa shape index (κ1) is 26.4. The summed E-state index contributed by atoms with van der Waals surface area (Å²) in [6.45, 7) is 4.49. The van der Waals surface area contributed by atoms with Gasteiger partial charge in [-0.3, -0.25) is 4.79 Å². The second-order valence-electron chi connectivity index (χ2n) is 8.43. The fourth-order valence-electron chi connectivity index (χ4n) is 3.53. The number of ketones is 1. The van der Waals surface area contributed by atoms with Gasteiger partial charge in [0, 0.05) is 11.6 Å². The molecule has 0 heterocycles. The fraction of sp³-hybridized carbons (Fsp3) is 0.448. The third kappa shape index (κ3) is 11.5. The molecule has 0 spiro atoms. The van der Waals surface area contributed by atoms with Crippen LogP contribution in [0.2, 0.25) is 0 Å². The van der Waals surface area contributed by atoms with Gasteiger partial charge < -0.3 is 9.47 Å². The minimum absolute atomic E-state index is 0.0244. The van der Waals surface area contributed by atoms with Crippen molar-refractivity contribution >= 4 is 17.8 Å². The lowest BCUT2D eigenvalue weighted by Gasteiger charge is -2.06. The summed E-state index contributed by atoms with van der Waals surface area (Å²) in [5.74, 6) is 0.761. The van der Waals surface area contributed by atoms with E-state index in [1.54, 1.807) is 30.3 Å². The van der Waals surface area contributed by atoms with Gasteiger partial charge in [-0.15, -0.1) is 0 Å². The summed E-state index contributed by atoms with van der Waals surface area (Å²) in [4.78, 5) is 23.3. The Hall–Kier alpha value is -2.88. The van der Waals surface area contributed by atoms with Crippen LogP contribution in [-0.4, -0.2) is 18.4 Å². The molecule has 0 saturated heterocycles. The number of Topliss-reactive ketones (excluding diaryl/α,β-unsaturated/α-hetero) is 1. The molecule has 2 aromatic rings. The van der Waals surface area contributed by atoms with Crippen molar-refractivity contribution in [2.75, 3.05) is 6.61 Å². The van der Waals surface area contributed by atoms with E-state index in [0.717, 1.165) is 24.3 Å². The first-order valence-electron chi connectivity index (χ1n) is 12.3. The number of esters is 1. The third-order valence-corrected chi connectivity index (χ3v) is 5.54. The maximum absolute atomic E-state index is 12.0. The first-order chi connectivity index (χ1) is 16.1. The average molecular weight is 451 g/mol. The molecule has 0 N–H and O–H groups in total. The third-order valence-electron chi connectivity index (χ3n) is 5.54. The molecule has 0 amide bonds. The molecule has 0 radical (unpaired) electrons. The predicted molar refractivity (Wildman–Crippen MR) is 135 cm³/mol. The molecule has 178 valence electrons. The Labute approximate surface area is 199 Å². The van der Waals surface area contributed by atoms with Crippen LogP contribution in [0.5, 0.6) is 11.5 Å². The number of benzene rings is 2. The van der Waals surface area contributed by atoms with E-state index in [2.05, 4.69) is 6.92 Å². The van der Waals surface area contributed by atoms with E-state index in [1.165, 1.54) is 70.8 Å². The Bertz CT molecular complexity index is 850. The number of hydrogen-bond donors (Lipinski definition) is 0. The molecule has 0 aliphatic heterocycles. The van der Waals surface area contributed by atoms with Crippen LogP contribution in [0.25, 0.3) is 6.08 Å². The molecule has 2 rings (SSSR count). The minimum Gasteiger partial charge on any atom is -0.494 e. The number of rotatable bonds is 16. The van der Waals surface area contributed by atoms with Crippen molar-refractivity contribution in [3.05, 3.63) is 65.7 Å². The molecule has 0 bridgehead atoms. The summed E-state index contributed by atoms with van der Waals surface area (Å²) >= 11 is 0. The molecule has 0 aromatic heterocycles. The zero-order valence-corrected chi connectivity index (χ0v) is 20.2. The fourth-order valence-corrected chi connectivity index (χ4v) is 3.53. The van der Waals surface area contributed by atoms with E-state index in [-0.39, 0.29) is 5.78 Å². The summed E-state index contributed by atoms with van der Waals surface area (Å²) in [5, 5.41) is 0. The van der Waals surface area contributed by atoms with Crippen LogP contribution in [-0.2, 0) is 4.79 Å². The van der Waals surface area contributed by atoms with E-state index in [1.807, 2.05) is 24.3 Å². The van der Waals surface area contributed by atoms with Gasteiger partial charge in [0.25, 0.3) is 0 Å². The van der Waals surface area contributed by atoms with Gasteiger partial charge in [0.05, 0.1) is 6.61 Å². The molecule has 0 fully saturated rings. The smallest absolute Gasteiger partial charge is 0.336 e. The van der Waals surface area contributed by atoms with Crippen molar-refractivity contribution in [1.29, 1.82) is 0 Å². The van der Waals surface area contributed by atoms with Crippen molar-refractivity contribution < 1.29 is 19.1 Å². The molecular formula is C29H38O4. The largest absolute Gasteiger partial charge is 0.494 e. The number of ether oxygens (including phenoxy) is 2. The second-order valence-corrected chi connectivity index (χ2v) is 8.43. The Morgan fingerprint density at radius 3 is 1.85 bits per heavy atom. The van der Waals surface area contributed by atoms with Crippen molar-refractivity contribution in [3.63, 3.8) is 0 Å². The van der Waals surface area contributed by atoms with Gasteiger partial charge in [-0.05, 0) is 61.4 Å². The lowest BCUT2D eigenvalue weighted by atomic mass is 10.1. The van der Waals surface area contributed by atoms with Gasteiger partial charge in [0.1, 0.15) is 11.5 Å². The highest BCUT2D eigenvalue weighted by atomic mass is 16.5. The molecule has 0 aliphatic carbocycles. The topological polar surface area (TPSA) is 52.6 Å². The van der Waals surface area contributed by atoms with Crippen LogP contribution in [0.1, 0.15) is 94.0 Å². The molecule has 0 atom stereocenters. The molecule has 0 saturated carbocycles. The summed E-state index contributed by atoms with van der Waals surface area (Å²) in [6, 6.07) is 14.2. The maximum Gasteiger partial charge on any atom is 0.336 e. The number of hydrogen-bond acceptors (Lipinski definition) is 4. The van der Waals surface area contributed by atoms with Gasteiger partial charge in [-0.25, -0.2) is 4.79 Å². The monoisotopic (exact) mass is 450 g/mol. The average Bonchev–Trinajstić information content (AvgIpc) is 2.82. The zero-order valence-electron chi connectivity index (χ0n) is 20.2. The van der Waals surface area contributed by atoms with E-state index in [9.17, 15) is 9.59 Å². The van der Waals surface area contributed by atoms with Crippen LogP contribution in [0, 0.1) is 0 Å². The van der Waals surface area contributed by atoms with Gasteiger partial charge in [0.2, 0.25) is 0 Å². The SMILES string of the molecule is CCCCCCCCCCCCOc1ccc(/C=C/C(=O)Oc2ccc(C(C)=O)cc2)cc1. The number of carbonyl (C=O) groups is 2. The molecule has 0 aliphatic rings. The summed E-state index contributed by atoms with van der Waals surface area (Å²) < 4.78 is 11.1. The van der Waals surface area contributed by atoms with Gasteiger partial charge in [0.15, 0.2) is 5.78 Å². The lowest BCUT2D eigenvalue weighted by molar-refractivity contribution is -0.128. The van der Waals surface area contributed by atoms with Crippen LogP contribution in [0.4, 0.5) is 0 Å². The Morgan fingerprint density at radius 1 is 0.727 bits per heavy atom. The quantitative estimate of drug-likeness (QED) is 0.0860. The standard InChI is InChI=1S/C29H38O4/c1-3-4-5-6-7-8-9-10-11-12-23-32-27-18-13-25(14-19-27)15-22-29(31)33-28-20-16-26(17-21-28)24(2)30/h13-22H,3-12,23H2,1-2H3/b22-15+. The highest BCUT2D eigenvalue weighted by molar-refractivity contribution is 5.94. The van der Waals surface area contributed by atoms with Crippen LogP contribution in [0.3, 0.4) is 0 Å². The van der Waals surface area contributed by atoms with Crippen LogP contribution in [0.15, 0.2) is 54.6 Å². The molecular weight excluding hydrogens is 412 g/mol. The summed E-state index contributed by atoms with van der Waals surface area (Å²) in [7, 11) is 0. The Kier molecular flexibility index (Phi) is 12.7. The van der Waals surface area contributed by atoms with E-state index in [4.69, 9.17) is 9.47 Å². The Morgan fingerprint density at radius 2 is 1.27 bits per heavy atom. The van der Waals surface area contributed by atoms with E-state index >= 15 is 0 Å². The van der Waals surface area contributed by atoms with Gasteiger partial charge in [-0.1, -0.05) is 76.8 Å². The molecule has 4 heteroatoms. The summed E-state index contributed by atoms with van der Waals surface area (Å²) in [6.07, 6.45) is 16.2. The zero-order chi connectivity index (χ0) is 23.7. The number of unbranched alkanes of at least 4 members (excludes halogenated alkanes) is 9. The molecule has 33 heavy (non-hydrogen) atoms. The highest BCUT2D eigenvalue weighted by Crippen LogP contribution is 2.16. The van der Waals surface area contributed by atoms with Gasteiger partial charge >= 0.3 is 5.97 Å². The normalized spacial score (nSPS) is 11.0. The van der Waals surface area contributed by atoms with Gasteiger partial charge in [-0.2, -0.15) is 0 Å². The van der Waals surface area contributed by atoms with E-state index < -0.39 is 5.97 Å². The Balaban J connectivity index is 1.59. The van der Waals surface area contributed by atoms with Crippen molar-refractivity contribution in [2.45, 2.75) is 78.1 Å². The first-order valence-corrected chi connectivity index (χ1v) is 12.3. The molecule has 2 aromatic carbocycles. The van der Waals surface area contributed by atoms with Crippen molar-refractivity contribution in [1.82, 2.24) is 0 Å². The minimum atomic E-state index is -0.466. The second kappa shape index (κ2) is 15.8. The maximum atomic E-state index is 12.0. The van der Waals surface area contributed by atoms with Crippen molar-refractivity contribution in [3.8, 4) is 11.5 Å². The predicted octanol–water partition coefficient (Wildman–Crippen LogP) is 7.81. The number of carbonyl (C=O) groups excluding carboxylic acids is 2. The lowest BCUT2D eigenvalue weighted by Crippen LogP contribution is -2.04.